The van der Waals surface area contributed by atoms with Crippen molar-refractivity contribution >= 4 is 17.7 Å². The van der Waals surface area contributed by atoms with E-state index in [4.69, 9.17) is 5.11 Å². The fourth-order valence-corrected chi connectivity index (χ4v) is 2.94. The second-order valence-electron chi connectivity index (χ2n) is 5.50. The fourth-order valence-electron chi connectivity index (χ4n) is 2.94. The quantitative estimate of drug-likeness (QED) is 0.805. The molecule has 1 aliphatic rings. The van der Waals surface area contributed by atoms with Crippen LogP contribution in [0.4, 0.5) is 19.3 Å². The van der Waals surface area contributed by atoms with E-state index in [2.05, 4.69) is 10.6 Å². The molecule has 2 aromatic carbocycles. The highest BCUT2D eigenvalue weighted by Crippen LogP contribution is 2.33. The molecule has 0 radical (unpaired) electrons. The van der Waals surface area contributed by atoms with E-state index in [0.29, 0.717) is 18.4 Å². The van der Waals surface area contributed by atoms with E-state index in [0.717, 1.165) is 23.3 Å². The lowest BCUT2D eigenvalue weighted by Gasteiger charge is -2.13. The lowest BCUT2D eigenvalue weighted by atomic mass is 10.0. The van der Waals surface area contributed by atoms with Crippen LogP contribution in [0.25, 0.3) is 0 Å². The maximum absolute atomic E-state index is 13.2. The monoisotopic (exact) mass is 332 g/mol. The highest BCUT2D eigenvalue weighted by molar-refractivity contribution is 6.05. The average molecular weight is 332 g/mol. The molecule has 0 aliphatic heterocycles. The zero-order chi connectivity index (χ0) is 17.3. The Balaban J connectivity index is 1.85. The average Bonchev–Trinajstić information content (AvgIpc) is 2.93. The number of fused-ring (bicyclic) bond motifs is 1. The first-order chi connectivity index (χ1) is 11.5. The van der Waals surface area contributed by atoms with Crippen LogP contribution in [0.15, 0.2) is 36.4 Å². The first-order valence-corrected chi connectivity index (χ1v) is 7.33. The van der Waals surface area contributed by atoms with Crippen molar-refractivity contribution in [3.63, 3.8) is 0 Å². The lowest BCUT2D eigenvalue weighted by Crippen LogP contribution is -2.25. The van der Waals surface area contributed by atoms with Crippen molar-refractivity contribution in [2.75, 3.05) is 5.32 Å². The summed E-state index contributed by atoms with van der Waals surface area (Å²) in [5.41, 5.74) is 2.06. The molecule has 7 heteroatoms. The number of carbonyl (C=O) groups excluding carboxylic acids is 1. The third-order valence-electron chi connectivity index (χ3n) is 3.99. The number of hydrogen-bond acceptors (Lipinski definition) is 2. The molecule has 0 aromatic heterocycles. The number of rotatable bonds is 3. The molecule has 3 rings (SSSR count). The molecule has 0 bridgehead atoms. The molecular formula is C17H14F2N2O3. The van der Waals surface area contributed by atoms with Gasteiger partial charge in [0.2, 0.25) is 0 Å². The van der Waals surface area contributed by atoms with Crippen molar-refractivity contribution in [2.45, 2.75) is 18.9 Å². The zero-order valence-corrected chi connectivity index (χ0v) is 12.5. The molecule has 0 unspecified atom stereocenters. The summed E-state index contributed by atoms with van der Waals surface area (Å²) in [5.74, 6) is -2.48. The number of amides is 2. The second kappa shape index (κ2) is 6.27. The number of halogens is 2. The normalized spacial score (nSPS) is 15.7. The fraction of sp³-hybridized carbons (Fsp3) is 0.176. The summed E-state index contributed by atoms with van der Waals surface area (Å²) >= 11 is 0. The van der Waals surface area contributed by atoms with Crippen LogP contribution in [0.2, 0.25) is 0 Å². The summed E-state index contributed by atoms with van der Waals surface area (Å²) in [6, 6.07) is 7.83. The standard InChI is InChI=1S/C17H14F2N2O3/c18-13-6-4-9(8-14(13)19)20-16(22)12-3-1-2-11-10(12)5-7-15(11)21-17(23)24/h1-4,6,8,15,21H,5,7H2,(H,20,22)(H,23,24)/t15-/m0/s1. The van der Waals surface area contributed by atoms with Crippen LogP contribution in [0.3, 0.4) is 0 Å². The maximum atomic E-state index is 13.2. The molecule has 0 heterocycles. The van der Waals surface area contributed by atoms with E-state index in [1.54, 1.807) is 18.2 Å². The highest BCUT2D eigenvalue weighted by atomic mass is 19.2. The Kier molecular flexibility index (Phi) is 4.16. The van der Waals surface area contributed by atoms with Crippen LogP contribution in [0.1, 0.15) is 33.9 Å². The van der Waals surface area contributed by atoms with E-state index >= 15 is 0 Å². The van der Waals surface area contributed by atoms with Gasteiger partial charge in [0, 0.05) is 17.3 Å². The predicted molar refractivity (Wildman–Crippen MR) is 83.0 cm³/mol. The molecule has 0 saturated heterocycles. The summed E-state index contributed by atoms with van der Waals surface area (Å²) in [7, 11) is 0. The minimum Gasteiger partial charge on any atom is -0.465 e. The zero-order valence-electron chi connectivity index (χ0n) is 12.5. The highest BCUT2D eigenvalue weighted by Gasteiger charge is 2.27. The van der Waals surface area contributed by atoms with Crippen LogP contribution in [0.5, 0.6) is 0 Å². The van der Waals surface area contributed by atoms with E-state index in [9.17, 15) is 18.4 Å². The van der Waals surface area contributed by atoms with Crippen molar-refractivity contribution in [1.29, 1.82) is 0 Å². The Morgan fingerprint density at radius 3 is 2.62 bits per heavy atom. The van der Waals surface area contributed by atoms with Gasteiger partial charge in [-0.2, -0.15) is 0 Å². The van der Waals surface area contributed by atoms with Crippen molar-refractivity contribution in [2.24, 2.45) is 0 Å². The van der Waals surface area contributed by atoms with Gasteiger partial charge in [0.1, 0.15) is 0 Å². The molecule has 2 amide bonds. The van der Waals surface area contributed by atoms with Crippen LogP contribution >= 0.6 is 0 Å². The summed E-state index contributed by atoms with van der Waals surface area (Å²) in [5, 5.41) is 13.8. The van der Waals surface area contributed by atoms with Crippen LogP contribution in [-0.4, -0.2) is 17.1 Å². The molecule has 3 N–H and O–H groups in total. The molecular weight excluding hydrogens is 318 g/mol. The van der Waals surface area contributed by atoms with E-state index in [-0.39, 0.29) is 11.7 Å². The Labute approximate surface area is 136 Å². The van der Waals surface area contributed by atoms with E-state index in [1.165, 1.54) is 6.07 Å². The summed E-state index contributed by atoms with van der Waals surface area (Å²) in [6.45, 7) is 0. The first-order valence-electron chi connectivity index (χ1n) is 7.33. The number of benzene rings is 2. The Hall–Kier alpha value is -2.96. The van der Waals surface area contributed by atoms with E-state index in [1.807, 2.05) is 0 Å². The molecule has 0 spiro atoms. The Morgan fingerprint density at radius 1 is 1.12 bits per heavy atom. The molecule has 24 heavy (non-hydrogen) atoms. The van der Waals surface area contributed by atoms with Gasteiger partial charge < -0.3 is 15.7 Å². The molecule has 2 aromatic rings. The smallest absolute Gasteiger partial charge is 0.405 e. The Bertz CT molecular complexity index is 823. The maximum Gasteiger partial charge on any atom is 0.405 e. The van der Waals surface area contributed by atoms with Crippen molar-refractivity contribution in [3.8, 4) is 0 Å². The van der Waals surface area contributed by atoms with Gasteiger partial charge in [-0.25, -0.2) is 13.6 Å². The summed E-state index contributed by atoms with van der Waals surface area (Å²) < 4.78 is 26.2. The van der Waals surface area contributed by atoms with Crippen molar-refractivity contribution in [3.05, 3.63) is 64.7 Å². The molecule has 5 nitrogen and oxygen atoms in total. The van der Waals surface area contributed by atoms with Crippen molar-refractivity contribution in [1.82, 2.24) is 5.32 Å². The van der Waals surface area contributed by atoms with Gasteiger partial charge in [0.15, 0.2) is 11.6 Å². The van der Waals surface area contributed by atoms with Gasteiger partial charge in [-0.05, 0) is 42.2 Å². The molecule has 124 valence electrons. The third-order valence-corrected chi connectivity index (χ3v) is 3.99. The van der Waals surface area contributed by atoms with Gasteiger partial charge in [-0.1, -0.05) is 12.1 Å². The predicted octanol–water partition coefficient (Wildman–Crippen LogP) is 3.47. The summed E-state index contributed by atoms with van der Waals surface area (Å²) in [6.07, 6.45) is 0.00292. The van der Waals surface area contributed by atoms with Crippen LogP contribution < -0.4 is 10.6 Å². The topological polar surface area (TPSA) is 78.4 Å². The van der Waals surface area contributed by atoms with E-state index < -0.39 is 23.6 Å². The number of nitrogens with one attached hydrogen (secondary N) is 2. The van der Waals surface area contributed by atoms with Crippen molar-refractivity contribution < 1.29 is 23.5 Å². The lowest BCUT2D eigenvalue weighted by molar-refractivity contribution is 0.102. The SMILES string of the molecule is O=C(O)N[C@H]1CCc2c(C(=O)Nc3ccc(F)c(F)c3)cccc21. The molecule has 1 atom stereocenters. The van der Waals surface area contributed by atoms with Crippen LogP contribution in [0, 0.1) is 11.6 Å². The molecule has 1 aliphatic carbocycles. The molecule has 0 fully saturated rings. The molecule has 0 saturated carbocycles. The largest absolute Gasteiger partial charge is 0.465 e. The number of carbonyl (C=O) groups is 2. The van der Waals surface area contributed by atoms with Gasteiger partial charge in [0.25, 0.3) is 5.91 Å². The second-order valence-corrected chi connectivity index (χ2v) is 5.50. The minimum absolute atomic E-state index is 0.148. The Morgan fingerprint density at radius 2 is 1.92 bits per heavy atom. The van der Waals surface area contributed by atoms with Gasteiger partial charge in [-0.15, -0.1) is 0 Å². The summed E-state index contributed by atoms with van der Waals surface area (Å²) in [4.78, 5) is 23.3. The first kappa shape index (κ1) is 15.9. The van der Waals surface area contributed by atoms with Gasteiger partial charge in [0.05, 0.1) is 6.04 Å². The number of hydrogen-bond donors (Lipinski definition) is 3. The number of anilines is 1. The minimum atomic E-state index is -1.12. The van der Waals surface area contributed by atoms with Gasteiger partial charge >= 0.3 is 6.09 Å². The van der Waals surface area contributed by atoms with Gasteiger partial charge in [-0.3, -0.25) is 4.79 Å². The number of carboxylic acid groups (broad SMARTS) is 1. The van der Waals surface area contributed by atoms with Crippen LogP contribution in [-0.2, 0) is 6.42 Å². The third kappa shape index (κ3) is 3.05.